The van der Waals surface area contributed by atoms with Gasteiger partial charge in [-0.25, -0.2) is 9.59 Å². The van der Waals surface area contributed by atoms with Crippen LogP contribution < -0.4 is 5.32 Å². The molecule has 1 aromatic carbocycles. The van der Waals surface area contributed by atoms with Crippen molar-refractivity contribution in [2.45, 2.75) is 40.2 Å². The second-order valence-electron chi connectivity index (χ2n) is 6.57. The van der Waals surface area contributed by atoms with E-state index in [1.807, 2.05) is 36.6 Å². The number of benzene rings is 1. The summed E-state index contributed by atoms with van der Waals surface area (Å²) >= 11 is 1.27. The Kier molecular flexibility index (Phi) is 5.85. The Hall–Kier alpha value is -2.34. The molecule has 0 aliphatic rings. The molecule has 1 N–H and O–H groups in total. The summed E-state index contributed by atoms with van der Waals surface area (Å²) in [6, 6.07) is 7.83. The first kappa shape index (κ1) is 19.0. The van der Waals surface area contributed by atoms with Crippen LogP contribution in [0.1, 0.15) is 43.6 Å². The third-order valence-corrected chi connectivity index (χ3v) is 4.14. The lowest BCUT2D eigenvalue weighted by Crippen LogP contribution is -2.27. The van der Waals surface area contributed by atoms with Gasteiger partial charge in [-0.05, 0) is 40.2 Å². The summed E-state index contributed by atoms with van der Waals surface area (Å²) in [7, 11) is 0. The predicted molar refractivity (Wildman–Crippen MR) is 100 cm³/mol. The van der Waals surface area contributed by atoms with Crippen LogP contribution in [0.15, 0.2) is 29.6 Å². The van der Waals surface area contributed by atoms with E-state index in [0.29, 0.717) is 10.6 Å². The number of ether oxygens (including phenoxy) is 2. The minimum Gasteiger partial charge on any atom is -0.462 e. The zero-order valence-corrected chi connectivity index (χ0v) is 16.0. The number of carbonyl (C=O) groups excluding carboxylic acids is 2. The molecule has 0 saturated carbocycles. The molecule has 1 amide bonds. The normalized spacial score (nSPS) is 11.1. The molecule has 0 aliphatic heterocycles. The summed E-state index contributed by atoms with van der Waals surface area (Å²) in [5.74, 6) is -0.467. The fourth-order valence-electron chi connectivity index (χ4n) is 2.20. The summed E-state index contributed by atoms with van der Waals surface area (Å²) in [6.07, 6.45) is -0.602. The summed E-state index contributed by atoms with van der Waals surface area (Å²) in [5.41, 5.74) is 2.48. The molecule has 134 valence electrons. The molecule has 25 heavy (non-hydrogen) atoms. The molecule has 0 atom stereocenters. The molecular formula is C19H23NO4S. The molecule has 0 fully saturated rings. The quantitative estimate of drug-likeness (QED) is 0.756. The predicted octanol–water partition coefficient (Wildman–Crippen LogP) is 5.25. The standard InChI is InChI=1S/C19H23NO4S/c1-6-23-17(21)15-14(13-9-7-12(2)8-10-13)11-25-16(15)20-18(22)24-19(3,4)5/h7-11H,6H2,1-5H3,(H,20,22). The smallest absolute Gasteiger partial charge is 0.412 e. The minimum absolute atomic E-state index is 0.258. The van der Waals surface area contributed by atoms with E-state index in [2.05, 4.69) is 5.32 Å². The number of hydrogen-bond donors (Lipinski definition) is 1. The zero-order chi connectivity index (χ0) is 18.6. The van der Waals surface area contributed by atoms with Gasteiger partial charge in [-0.2, -0.15) is 0 Å². The van der Waals surface area contributed by atoms with Crippen molar-refractivity contribution in [1.29, 1.82) is 0 Å². The first-order valence-electron chi connectivity index (χ1n) is 8.07. The van der Waals surface area contributed by atoms with Crippen LogP contribution in [0.4, 0.5) is 9.80 Å². The van der Waals surface area contributed by atoms with E-state index in [9.17, 15) is 9.59 Å². The lowest BCUT2D eigenvalue weighted by Gasteiger charge is -2.19. The van der Waals surface area contributed by atoms with E-state index < -0.39 is 17.7 Å². The monoisotopic (exact) mass is 361 g/mol. The maximum absolute atomic E-state index is 12.4. The minimum atomic E-state index is -0.620. The van der Waals surface area contributed by atoms with Crippen molar-refractivity contribution in [3.05, 3.63) is 40.8 Å². The van der Waals surface area contributed by atoms with Crippen molar-refractivity contribution in [1.82, 2.24) is 0 Å². The molecule has 0 unspecified atom stereocenters. The van der Waals surface area contributed by atoms with Gasteiger partial charge >= 0.3 is 12.1 Å². The highest BCUT2D eigenvalue weighted by atomic mass is 32.1. The number of carbonyl (C=O) groups is 2. The van der Waals surface area contributed by atoms with Gasteiger partial charge in [-0.3, -0.25) is 5.32 Å². The number of aryl methyl sites for hydroxylation is 1. The Morgan fingerprint density at radius 1 is 1.16 bits per heavy atom. The second-order valence-corrected chi connectivity index (χ2v) is 7.45. The number of anilines is 1. The Morgan fingerprint density at radius 2 is 1.80 bits per heavy atom. The number of rotatable bonds is 4. The number of thiophene rings is 1. The lowest BCUT2D eigenvalue weighted by molar-refractivity contribution is 0.0529. The van der Waals surface area contributed by atoms with Crippen molar-refractivity contribution in [3.63, 3.8) is 0 Å². The van der Waals surface area contributed by atoms with Crippen LogP contribution in [0.25, 0.3) is 11.1 Å². The maximum atomic E-state index is 12.4. The Bertz CT molecular complexity index is 757. The van der Waals surface area contributed by atoms with E-state index in [1.54, 1.807) is 27.7 Å². The van der Waals surface area contributed by atoms with Crippen LogP contribution in [0, 0.1) is 6.92 Å². The van der Waals surface area contributed by atoms with Crippen LogP contribution in [0.2, 0.25) is 0 Å². The van der Waals surface area contributed by atoms with E-state index >= 15 is 0 Å². The van der Waals surface area contributed by atoms with Gasteiger partial charge < -0.3 is 9.47 Å². The SMILES string of the molecule is CCOC(=O)c1c(-c2ccc(C)cc2)csc1NC(=O)OC(C)(C)C. The highest BCUT2D eigenvalue weighted by molar-refractivity contribution is 7.15. The van der Waals surface area contributed by atoms with Gasteiger partial charge in [0.25, 0.3) is 0 Å². The third kappa shape index (κ3) is 5.06. The highest BCUT2D eigenvalue weighted by Crippen LogP contribution is 2.36. The first-order chi connectivity index (χ1) is 11.7. The Labute approximate surface area is 152 Å². The largest absolute Gasteiger partial charge is 0.462 e. The van der Waals surface area contributed by atoms with Crippen LogP contribution in [-0.2, 0) is 9.47 Å². The number of hydrogen-bond acceptors (Lipinski definition) is 5. The van der Waals surface area contributed by atoms with Gasteiger partial charge in [0.1, 0.15) is 16.2 Å². The fourth-order valence-corrected chi connectivity index (χ4v) is 3.14. The second kappa shape index (κ2) is 7.70. The highest BCUT2D eigenvalue weighted by Gasteiger charge is 2.24. The van der Waals surface area contributed by atoms with Gasteiger partial charge in [0, 0.05) is 10.9 Å². The lowest BCUT2D eigenvalue weighted by atomic mass is 10.0. The molecule has 0 aliphatic carbocycles. The number of amides is 1. The molecule has 0 spiro atoms. The molecule has 6 heteroatoms. The van der Waals surface area contributed by atoms with E-state index in [0.717, 1.165) is 16.7 Å². The Morgan fingerprint density at radius 3 is 2.36 bits per heavy atom. The van der Waals surface area contributed by atoms with E-state index in [-0.39, 0.29) is 6.61 Å². The molecule has 0 saturated heterocycles. The Balaban J connectivity index is 2.38. The van der Waals surface area contributed by atoms with Crippen molar-refractivity contribution in [2.24, 2.45) is 0 Å². The summed E-state index contributed by atoms with van der Waals surface area (Å²) in [4.78, 5) is 24.5. The van der Waals surface area contributed by atoms with Gasteiger partial charge in [0.15, 0.2) is 0 Å². The summed E-state index contributed by atoms with van der Waals surface area (Å²) in [5, 5.41) is 4.92. The molecule has 1 aromatic heterocycles. The van der Waals surface area contributed by atoms with Gasteiger partial charge in [-0.1, -0.05) is 29.8 Å². The topological polar surface area (TPSA) is 64.6 Å². The van der Waals surface area contributed by atoms with Crippen LogP contribution in [0.3, 0.4) is 0 Å². The average molecular weight is 361 g/mol. The third-order valence-electron chi connectivity index (χ3n) is 3.25. The molecule has 1 heterocycles. The van der Waals surface area contributed by atoms with Crippen molar-refractivity contribution in [3.8, 4) is 11.1 Å². The van der Waals surface area contributed by atoms with E-state index in [4.69, 9.17) is 9.47 Å². The summed E-state index contributed by atoms with van der Waals surface area (Å²) < 4.78 is 10.4. The fraction of sp³-hybridized carbons (Fsp3) is 0.368. The molecule has 2 aromatic rings. The maximum Gasteiger partial charge on any atom is 0.412 e. The average Bonchev–Trinajstić information content (AvgIpc) is 2.89. The molecule has 0 bridgehead atoms. The van der Waals surface area contributed by atoms with Crippen LogP contribution in [-0.4, -0.2) is 24.3 Å². The molecule has 5 nitrogen and oxygen atoms in total. The number of esters is 1. The van der Waals surface area contributed by atoms with Gasteiger partial charge in [0.2, 0.25) is 0 Å². The molecule has 2 rings (SSSR count). The van der Waals surface area contributed by atoms with Crippen molar-refractivity contribution >= 4 is 28.4 Å². The first-order valence-corrected chi connectivity index (χ1v) is 8.95. The van der Waals surface area contributed by atoms with Crippen LogP contribution >= 0.6 is 11.3 Å². The zero-order valence-electron chi connectivity index (χ0n) is 15.1. The van der Waals surface area contributed by atoms with Crippen molar-refractivity contribution in [2.75, 3.05) is 11.9 Å². The molecule has 0 radical (unpaired) electrons. The van der Waals surface area contributed by atoms with Crippen LogP contribution in [0.5, 0.6) is 0 Å². The number of nitrogens with one attached hydrogen (secondary N) is 1. The molecular weight excluding hydrogens is 338 g/mol. The summed E-state index contributed by atoms with van der Waals surface area (Å²) in [6.45, 7) is 9.35. The van der Waals surface area contributed by atoms with Gasteiger partial charge in [0.05, 0.1) is 6.61 Å². The van der Waals surface area contributed by atoms with Gasteiger partial charge in [-0.15, -0.1) is 11.3 Å². The van der Waals surface area contributed by atoms with E-state index in [1.165, 1.54) is 11.3 Å². The van der Waals surface area contributed by atoms with Crippen molar-refractivity contribution < 1.29 is 19.1 Å².